The SMILES string of the molecule is C[C@H](c1ccc(Cl)cc1)n1c(Nc2ccc(OC(F)(F)F)cc2)nc2cc(CCC(=O)O)ccc21. The molecule has 0 aliphatic heterocycles. The molecule has 0 bridgehead atoms. The third-order valence-electron chi connectivity index (χ3n) is 5.47. The third-order valence-corrected chi connectivity index (χ3v) is 5.72. The Labute approximate surface area is 203 Å². The fourth-order valence-electron chi connectivity index (χ4n) is 3.79. The minimum Gasteiger partial charge on any atom is -0.481 e. The molecule has 2 N–H and O–H groups in total. The molecule has 6 nitrogen and oxygen atoms in total. The van der Waals surface area contributed by atoms with Gasteiger partial charge < -0.3 is 19.7 Å². The highest BCUT2D eigenvalue weighted by Crippen LogP contribution is 2.32. The van der Waals surface area contributed by atoms with Gasteiger partial charge in [0.25, 0.3) is 0 Å². The van der Waals surface area contributed by atoms with Crippen LogP contribution in [0.5, 0.6) is 5.75 Å². The molecule has 0 saturated heterocycles. The second-order valence-corrected chi connectivity index (χ2v) is 8.38. The maximum atomic E-state index is 12.5. The molecule has 4 aromatic rings. The lowest BCUT2D eigenvalue weighted by molar-refractivity contribution is -0.274. The number of hydrogen-bond acceptors (Lipinski definition) is 4. The van der Waals surface area contributed by atoms with E-state index in [1.165, 1.54) is 24.3 Å². The number of aryl methyl sites for hydroxylation is 1. The number of benzene rings is 3. The Bertz CT molecular complexity index is 1340. The molecule has 0 saturated carbocycles. The van der Waals surface area contributed by atoms with E-state index in [9.17, 15) is 18.0 Å². The number of aromatic nitrogens is 2. The number of nitrogens with zero attached hydrogens (tertiary/aromatic N) is 2. The lowest BCUT2D eigenvalue weighted by Crippen LogP contribution is -2.17. The number of aliphatic carboxylic acids is 1. The number of carboxylic acid groups (broad SMARTS) is 1. The van der Waals surface area contributed by atoms with Crippen molar-refractivity contribution in [1.82, 2.24) is 9.55 Å². The smallest absolute Gasteiger partial charge is 0.481 e. The van der Waals surface area contributed by atoms with Crippen molar-refractivity contribution in [2.45, 2.75) is 32.2 Å². The van der Waals surface area contributed by atoms with E-state index in [-0.39, 0.29) is 18.2 Å². The Balaban J connectivity index is 1.71. The second-order valence-electron chi connectivity index (χ2n) is 7.95. The summed E-state index contributed by atoms with van der Waals surface area (Å²) in [6, 6.07) is 18.2. The van der Waals surface area contributed by atoms with Crippen molar-refractivity contribution in [3.05, 3.63) is 82.9 Å². The Morgan fingerprint density at radius 2 is 1.80 bits per heavy atom. The quantitative estimate of drug-likeness (QED) is 0.272. The zero-order chi connectivity index (χ0) is 25.2. The van der Waals surface area contributed by atoms with Gasteiger partial charge in [-0.2, -0.15) is 0 Å². The van der Waals surface area contributed by atoms with Crippen LogP contribution in [-0.4, -0.2) is 27.0 Å². The monoisotopic (exact) mass is 503 g/mol. The van der Waals surface area contributed by atoms with Crippen LogP contribution >= 0.6 is 11.6 Å². The van der Waals surface area contributed by atoms with Gasteiger partial charge in [0.15, 0.2) is 0 Å². The van der Waals surface area contributed by atoms with E-state index >= 15 is 0 Å². The number of ether oxygens (including phenoxy) is 1. The number of nitrogens with one attached hydrogen (secondary N) is 1. The number of rotatable bonds is 8. The van der Waals surface area contributed by atoms with Crippen molar-refractivity contribution >= 4 is 40.2 Å². The van der Waals surface area contributed by atoms with Gasteiger partial charge in [0.1, 0.15) is 5.75 Å². The number of hydrogen-bond donors (Lipinski definition) is 2. The standard InChI is InChI=1S/C25H21ClF3N3O3/c1-15(17-4-6-18(26)7-5-17)32-22-12-2-16(3-13-23(33)34)14-21(22)31-24(32)30-19-8-10-20(11-9-19)35-25(27,28)29/h2,4-12,14-15H,3,13H2,1H3,(H,30,31)(H,33,34)/t15-/m1/s1. The van der Waals surface area contributed by atoms with Crippen molar-refractivity contribution in [3.63, 3.8) is 0 Å². The van der Waals surface area contributed by atoms with E-state index in [1.54, 1.807) is 12.1 Å². The molecule has 4 rings (SSSR count). The molecule has 0 unspecified atom stereocenters. The zero-order valence-electron chi connectivity index (χ0n) is 18.5. The number of alkyl halides is 3. The van der Waals surface area contributed by atoms with Gasteiger partial charge in [0.05, 0.1) is 17.1 Å². The minimum absolute atomic E-state index is 0.00481. The molecular formula is C25H21ClF3N3O3. The van der Waals surface area contributed by atoms with Crippen LogP contribution in [0.25, 0.3) is 11.0 Å². The molecule has 0 fully saturated rings. The van der Waals surface area contributed by atoms with E-state index in [1.807, 2.05) is 41.8 Å². The number of halogens is 4. The molecule has 3 aromatic carbocycles. The molecule has 0 amide bonds. The summed E-state index contributed by atoms with van der Waals surface area (Å²) < 4.78 is 43.3. The molecule has 0 aliphatic rings. The molecular weight excluding hydrogens is 483 g/mol. The molecule has 0 aliphatic carbocycles. The number of anilines is 2. The summed E-state index contributed by atoms with van der Waals surface area (Å²) in [4.78, 5) is 15.7. The fourth-order valence-corrected chi connectivity index (χ4v) is 3.92. The van der Waals surface area contributed by atoms with Gasteiger partial charge in [-0.15, -0.1) is 13.2 Å². The second kappa shape index (κ2) is 9.87. The maximum Gasteiger partial charge on any atom is 0.573 e. The zero-order valence-corrected chi connectivity index (χ0v) is 19.3. The van der Waals surface area contributed by atoms with Gasteiger partial charge in [-0.1, -0.05) is 29.8 Å². The van der Waals surface area contributed by atoms with E-state index in [0.717, 1.165) is 16.6 Å². The first-order valence-corrected chi connectivity index (χ1v) is 11.1. The highest BCUT2D eigenvalue weighted by atomic mass is 35.5. The van der Waals surface area contributed by atoms with Crippen LogP contribution < -0.4 is 10.1 Å². The molecule has 0 radical (unpaired) electrons. The van der Waals surface area contributed by atoms with Crippen LogP contribution in [0.1, 0.15) is 30.5 Å². The van der Waals surface area contributed by atoms with Crippen LogP contribution in [0, 0.1) is 0 Å². The number of carbonyl (C=O) groups is 1. The normalized spacial score (nSPS) is 12.5. The predicted octanol–water partition coefficient (Wildman–Crippen LogP) is 6.96. The minimum atomic E-state index is -4.77. The van der Waals surface area contributed by atoms with Crippen molar-refractivity contribution < 1.29 is 27.8 Å². The lowest BCUT2D eigenvalue weighted by atomic mass is 10.1. The Hall–Kier alpha value is -3.72. The first-order chi connectivity index (χ1) is 16.6. The van der Waals surface area contributed by atoms with Gasteiger partial charge >= 0.3 is 12.3 Å². The average molecular weight is 504 g/mol. The summed E-state index contributed by atoms with van der Waals surface area (Å²) in [6.07, 6.45) is -4.39. The summed E-state index contributed by atoms with van der Waals surface area (Å²) in [5, 5.41) is 12.8. The summed E-state index contributed by atoms with van der Waals surface area (Å²) in [5.74, 6) is -0.733. The van der Waals surface area contributed by atoms with Crippen molar-refractivity contribution in [2.75, 3.05) is 5.32 Å². The van der Waals surface area contributed by atoms with E-state index in [2.05, 4.69) is 10.1 Å². The van der Waals surface area contributed by atoms with Gasteiger partial charge in [-0.25, -0.2) is 4.98 Å². The topological polar surface area (TPSA) is 76.4 Å². The summed E-state index contributed by atoms with van der Waals surface area (Å²) in [6.45, 7) is 1.99. The molecule has 35 heavy (non-hydrogen) atoms. The average Bonchev–Trinajstić information content (AvgIpc) is 3.15. The van der Waals surface area contributed by atoms with Gasteiger partial charge in [-0.3, -0.25) is 4.79 Å². The van der Waals surface area contributed by atoms with Crippen molar-refractivity contribution in [3.8, 4) is 5.75 Å². The molecule has 10 heteroatoms. The highest BCUT2D eigenvalue weighted by molar-refractivity contribution is 6.30. The van der Waals surface area contributed by atoms with E-state index in [4.69, 9.17) is 21.7 Å². The lowest BCUT2D eigenvalue weighted by Gasteiger charge is -2.19. The van der Waals surface area contributed by atoms with Crippen LogP contribution in [0.2, 0.25) is 5.02 Å². The van der Waals surface area contributed by atoms with Crippen LogP contribution in [0.15, 0.2) is 66.7 Å². The number of imidazole rings is 1. The van der Waals surface area contributed by atoms with Crippen molar-refractivity contribution in [2.24, 2.45) is 0 Å². The number of fused-ring (bicyclic) bond motifs is 1. The van der Waals surface area contributed by atoms with Crippen molar-refractivity contribution in [1.29, 1.82) is 0 Å². The van der Waals surface area contributed by atoms with Crippen LogP contribution in [0.4, 0.5) is 24.8 Å². The Kier molecular flexibility index (Phi) is 6.88. The highest BCUT2D eigenvalue weighted by Gasteiger charge is 2.31. The van der Waals surface area contributed by atoms with E-state index in [0.29, 0.717) is 28.6 Å². The maximum absolute atomic E-state index is 12.5. The molecule has 1 atom stereocenters. The molecule has 1 heterocycles. The predicted molar refractivity (Wildman–Crippen MR) is 127 cm³/mol. The van der Waals surface area contributed by atoms with Crippen LogP contribution in [-0.2, 0) is 11.2 Å². The molecule has 182 valence electrons. The third kappa shape index (κ3) is 6.05. The van der Waals surface area contributed by atoms with Crippen LogP contribution in [0.3, 0.4) is 0 Å². The summed E-state index contributed by atoms with van der Waals surface area (Å²) >= 11 is 6.04. The molecule has 1 aromatic heterocycles. The fraction of sp³-hybridized carbons (Fsp3) is 0.200. The first kappa shape index (κ1) is 24.4. The largest absolute Gasteiger partial charge is 0.573 e. The molecule has 0 spiro atoms. The van der Waals surface area contributed by atoms with Gasteiger partial charge in [0, 0.05) is 17.1 Å². The Morgan fingerprint density at radius 3 is 2.43 bits per heavy atom. The van der Waals surface area contributed by atoms with E-state index < -0.39 is 12.3 Å². The summed E-state index contributed by atoms with van der Waals surface area (Å²) in [7, 11) is 0. The first-order valence-electron chi connectivity index (χ1n) is 10.7. The summed E-state index contributed by atoms with van der Waals surface area (Å²) in [5.41, 5.74) is 3.80. The van der Waals surface area contributed by atoms with Gasteiger partial charge in [-0.05, 0) is 73.0 Å². The van der Waals surface area contributed by atoms with Gasteiger partial charge in [0.2, 0.25) is 5.95 Å². The number of carboxylic acids is 1. The Morgan fingerprint density at radius 1 is 1.11 bits per heavy atom.